The molecule has 0 fully saturated rings. The molecule has 2 rings (SSSR count). The van der Waals surface area contributed by atoms with Crippen LogP contribution in [0.15, 0.2) is 30.3 Å². The maximum atomic E-state index is 5.66. The van der Waals surface area contributed by atoms with Gasteiger partial charge in [-0.15, -0.1) is 0 Å². The van der Waals surface area contributed by atoms with Crippen LogP contribution in [0.2, 0.25) is 0 Å². The summed E-state index contributed by atoms with van der Waals surface area (Å²) in [5.41, 5.74) is 1.26. The summed E-state index contributed by atoms with van der Waals surface area (Å²) in [5, 5.41) is 11.5. The molecule has 0 radical (unpaired) electrons. The molecule has 0 aliphatic heterocycles. The summed E-state index contributed by atoms with van der Waals surface area (Å²) in [5.74, 6) is 0.627. The third-order valence-electron chi connectivity index (χ3n) is 2.06. The van der Waals surface area contributed by atoms with Gasteiger partial charge in [-0.3, -0.25) is 0 Å². The van der Waals surface area contributed by atoms with Crippen LogP contribution in [-0.4, -0.2) is 30.6 Å². The Labute approximate surface area is 106 Å². The first-order chi connectivity index (χ1) is 7.88. The van der Waals surface area contributed by atoms with Crippen molar-refractivity contribution in [2.45, 2.75) is 13.0 Å². The molecule has 0 atom stereocenters. The molecule has 84 valence electrons. The monoisotopic (exact) mass is 301 g/mol. The van der Waals surface area contributed by atoms with Crippen molar-refractivity contribution in [3.8, 4) is 0 Å². The van der Waals surface area contributed by atoms with Crippen molar-refractivity contribution in [1.29, 1.82) is 0 Å². The molecule has 0 spiro atoms. The summed E-state index contributed by atoms with van der Waals surface area (Å²) >= 11 is 5.90. The number of hydrogen-bond donors (Lipinski definition) is 1. The van der Waals surface area contributed by atoms with Gasteiger partial charge < -0.3 is 0 Å². The number of anilines is 1. The molecule has 1 aromatic carbocycles. The molecule has 5 heteroatoms. The van der Waals surface area contributed by atoms with Crippen molar-refractivity contribution >= 4 is 30.8 Å². The number of aromatic nitrogens is 2. The third kappa shape index (κ3) is 3.34. The second-order valence-corrected chi connectivity index (χ2v) is 5.89. The number of nitrogens with zero attached hydrogens (tertiary/aromatic N) is 2. The summed E-state index contributed by atoms with van der Waals surface area (Å²) in [6, 6.07) is 10.3. The number of benzene rings is 1. The molecule has 16 heavy (non-hydrogen) atoms. The summed E-state index contributed by atoms with van der Waals surface area (Å²) < 4.78 is 2.12. The van der Waals surface area contributed by atoms with Crippen LogP contribution in [0.1, 0.15) is 10.1 Å². The van der Waals surface area contributed by atoms with E-state index in [1.54, 1.807) is 0 Å². The number of aryl methyl sites for hydroxylation is 1. The average Bonchev–Trinajstić information content (AvgIpc) is 2.76. The van der Waals surface area contributed by atoms with Gasteiger partial charge in [0.2, 0.25) is 0 Å². The van der Waals surface area contributed by atoms with Crippen molar-refractivity contribution in [1.82, 2.24) is 10.2 Å². The Kier molecular flexibility index (Phi) is 4.40. The summed E-state index contributed by atoms with van der Waals surface area (Å²) in [7, 11) is 0. The molecule has 0 aliphatic rings. The molecular weight excluding hydrogens is 289 g/mol. The quantitative estimate of drug-likeness (QED) is 0.677. The van der Waals surface area contributed by atoms with E-state index in [-0.39, 0.29) is 14.5 Å². The van der Waals surface area contributed by atoms with Crippen LogP contribution in [0.25, 0.3) is 0 Å². The Bertz CT molecular complexity index is 430. The molecular formula is C11H12ClN3Se. The van der Waals surface area contributed by atoms with Gasteiger partial charge in [-0.1, -0.05) is 0 Å². The predicted molar refractivity (Wildman–Crippen MR) is 67.2 cm³/mol. The van der Waals surface area contributed by atoms with E-state index in [1.165, 1.54) is 5.56 Å². The summed E-state index contributed by atoms with van der Waals surface area (Å²) in [6.07, 6.45) is 0.849. The Morgan fingerprint density at radius 2 is 2.00 bits per heavy atom. The summed E-state index contributed by atoms with van der Waals surface area (Å²) in [4.78, 5) is 0. The Hall–Kier alpha value is -0.831. The van der Waals surface area contributed by atoms with Gasteiger partial charge in [0.05, 0.1) is 0 Å². The zero-order chi connectivity index (χ0) is 11.2. The van der Waals surface area contributed by atoms with Crippen LogP contribution in [0.5, 0.6) is 0 Å². The number of hydrogen-bond acceptors (Lipinski definition) is 3. The fraction of sp³-hybridized carbons (Fsp3) is 0.273. The van der Waals surface area contributed by atoms with E-state index in [1.807, 2.05) is 18.2 Å². The number of nitrogens with one attached hydrogen (secondary N) is 1. The molecule has 1 aromatic heterocycles. The first-order valence-corrected chi connectivity index (χ1v) is 7.29. The summed E-state index contributed by atoms with van der Waals surface area (Å²) in [6.45, 7) is 0.811. The molecule has 1 N–H and O–H groups in total. The van der Waals surface area contributed by atoms with Crippen molar-refractivity contribution in [3.05, 3.63) is 40.5 Å². The van der Waals surface area contributed by atoms with E-state index in [2.05, 4.69) is 27.6 Å². The van der Waals surface area contributed by atoms with Crippen molar-refractivity contribution < 1.29 is 0 Å². The topological polar surface area (TPSA) is 37.8 Å². The van der Waals surface area contributed by atoms with Gasteiger partial charge >= 0.3 is 106 Å². The SMILES string of the molecule is ClCCc1nnc(NCc2ccccc2)[se]1. The van der Waals surface area contributed by atoms with E-state index < -0.39 is 0 Å². The van der Waals surface area contributed by atoms with Gasteiger partial charge in [0.15, 0.2) is 0 Å². The first kappa shape index (κ1) is 11.6. The first-order valence-electron chi connectivity index (χ1n) is 5.04. The van der Waals surface area contributed by atoms with Crippen LogP contribution >= 0.6 is 11.6 Å². The van der Waals surface area contributed by atoms with Crippen molar-refractivity contribution in [3.63, 3.8) is 0 Å². The van der Waals surface area contributed by atoms with Crippen LogP contribution < -0.4 is 5.32 Å². The molecule has 0 saturated heterocycles. The number of alkyl halides is 1. The standard InChI is InChI=1S/C11H12ClN3Se/c12-7-6-10-14-15-11(16-10)13-8-9-4-2-1-3-5-9/h1-5H,6-8H2,(H,13,15). The van der Waals surface area contributed by atoms with Crippen LogP contribution in [0.3, 0.4) is 0 Å². The molecule has 1 heterocycles. The van der Waals surface area contributed by atoms with Crippen LogP contribution in [-0.2, 0) is 13.0 Å². The molecule has 0 saturated carbocycles. The molecule has 3 nitrogen and oxygen atoms in total. The minimum atomic E-state index is 0.240. The van der Waals surface area contributed by atoms with Crippen LogP contribution in [0.4, 0.5) is 4.69 Å². The second-order valence-electron chi connectivity index (χ2n) is 3.28. The van der Waals surface area contributed by atoms with E-state index in [4.69, 9.17) is 11.6 Å². The zero-order valence-corrected chi connectivity index (χ0v) is 11.2. The molecule has 2 aromatic rings. The van der Waals surface area contributed by atoms with Gasteiger partial charge in [-0.25, -0.2) is 0 Å². The number of halogens is 1. The van der Waals surface area contributed by atoms with Crippen molar-refractivity contribution in [2.75, 3.05) is 11.2 Å². The zero-order valence-electron chi connectivity index (χ0n) is 8.69. The van der Waals surface area contributed by atoms with E-state index in [0.29, 0.717) is 5.88 Å². The van der Waals surface area contributed by atoms with Gasteiger partial charge in [0.25, 0.3) is 0 Å². The Morgan fingerprint density at radius 3 is 2.75 bits per heavy atom. The molecule has 0 aliphatic carbocycles. The fourth-order valence-corrected chi connectivity index (χ4v) is 3.26. The normalized spacial score (nSPS) is 10.3. The van der Waals surface area contributed by atoms with E-state index in [9.17, 15) is 0 Å². The fourth-order valence-electron chi connectivity index (χ4n) is 1.28. The molecule has 0 bridgehead atoms. The third-order valence-corrected chi connectivity index (χ3v) is 4.22. The molecule has 0 unspecified atom stereocenters. The average molecular weight is 301 g/mol. The van der Waals surface area contributed by atoms with Gasteiger partial charge in [0.1, 0.15) is 0 Å². The number of rotatable bonds is 5. The van der Waals surface area contributed by atoms with Crippen molar-refractivity contribution in [2.24, 2.45) is 0 Å². The van der Waals surface area contributed by atoms with E-state index in [0.717, 1.165) is 22.2 Å². The van der Waals surface area contributed by atoms with Gasteiger partial charge in [0, 0.05) is 0 Å². The minimum absolute atomic E-state index is 0.240. The Balaban J connectivity index is 1.89. The van der Waals surface area contributed by atoms with E-state index >= 15 is 0 Å². The second kappa shape index (κ2) is 6.04. The van der Waals surface area contributed by atoms with Gasteiger partial charge in [-0.2, -0.15) is 0 Å². The van der Waals surface area contributed by atoms with Crippen LogP contribution in [0, 0.1) is 0 Å². The predicted octanol–water partition coefficient (Wildman–Crippen LogP) is 1.93. The Morgan fingerprint density at radius 1 is 1.19 bits per heavy atom. The molecule has 0 amide bonds. The van der Waals surface area contributed by atoms with Gasteiger partial charge in [-0.05, 0) is 0 Å². The maximum absolute atomic E-state index is 5.66.